The van der Waals surface area contributed by atoms with Gasteiger partial charge in [-0.05, 0) is 36.8 Å². The van der Waals surface area contributed by atoms with E-state index in [0.717, 1.165) is 11.3 Å². The molecule has 2 aromatic rings. The van der Waals surface area contributed by atoms with Crippen LogP contribution in [0.4, 0.5) is 5.69 Å². The van der Waals surface area contributed by atoms with Gasteiger partial charge in [-0.1, -0.05) is 23.7 Å². The standard InChI is InChI=1S/C14H15ClN2O2S/c1-10(17-12-7-8-16-14(15)9-12)11-3-5-13(6-4-11)20(2,18)19/h3-10H,1-2H3,(H,16,17). The van der Waals surface area contributed by atoms with Crippen LogP contribution in [0.15, 0.2) is 47.5 Å². The molecule has 1 aromatic heterocycles. The summed E-state index contributed by atoms with van der Waals surface area (Å²) in [6.07, 6.45) is 2.83. The first-order chi connectivity index (χ1) is 9.36. The van der Waals surface area contributed by atoms with Crippen molar-refractivity contribution >= 4 is 27.1 Å². The van der Waals surface area contributed by atoms with Crippen molar-refractivity contribution in [3.05, 3.63) is 53.3 Å². The highest BCUT2D eigenvalue weighted by atomic mass is 35.5. The molecule has 0 amide bonds. The van der Waals surface area contributed by atoms with E-state index in [0.29, 0.717) is 10.0 Å². The van der Waals surface area contributed by atoms with Gasteiger partial charge < -0.3 is 5.32 Å². The minimum absolute atomic E-state index is 0.0297. The first-order valence-corrected chi connectivity index (χ1v) is 8.31. The highest BCUT2D eigenvalue weighted by molar-refractivity contribution is 7.90. The largest absolute Gasteiger partial charge is 0.378 e. The van der Waals surface area contributed by atoms with Crippen LogP contribution >= 0.6 is 11.6 Å². The number of aromatic nitrogens is 1. The van der Waals surface area contributed by atoms with Crippen molar-refractivity contribution in [3.8, 4) is 0 Å². The minimum atomic E-state index is -3.16. The number of hydrogen-bond donors (Lipinski definition) is 1. The molecule has 0 bridgehead atoms. The average molecular weight is 311 g/mol. The third-order valence-electron chi connectivity index (χ3n) is 2.92. The summed E-state index contributed by atoms with van der Waals surface area (Å²) in [5.41, 5.74) is 1.86. The molecule has 0 aliphatic carbocycles. The Bertz CT molecular complexity index is 699. The topological polar surface area (TPSA) is 59.1 Å². The molecule has 1 heterocycles. The molecular weight excluding hydrogens is 296 g/mol. The number of hydrogen-bond acceptors (Lipinski definition) is 4. The number of pyridine rings is 1. The van der Waals surface area contributed by atoms with E-state index in [-0.39, 0.29) is 6.04 Å². The van der Waals surface area contributed by atoms with Gasteiger partial charge in [-0.2, -0.15) is 0 Å². The van der Waals surface area contributed by atoms with E-state index in [1.165, 1.54) is 6.26 Å². The van der Waals surface area contributed by atoms with Gasteiger partial charge in [0.1, 0.15) is 5.15 Å². The lowest BCUT2D eigenvalue weighted by molar-refractivity contribution is 0.602. The summed E-state index contributed by atoms with van der Waals surface area (Å²) in [7, 11) is -3.16. The summed E-state index contributed by atoms with van der Waals surface area (Å²) < 4.78 is 22.8. The van der Waals surface area contributed by atoms with Crippen molar-refractivity contribution in [1.29, 1.82) is 0 Å². The minimum Gasteiger partial charge on any atom is -0.378 e. The van der Waals surface area contributed by atoms with Crippen molar-refractivity contribution in [3.63, 3.8) is 0 Å². The molecule has 6 heteroatoms. The van der Waals surface area contributed by atoms with Gasteiger partial charge in [0.2, 0.25) is 0 Å². The third kappa shape index (κ3) is 3.71. The molecule has 1 N–H and O–H groups in total. The molecule has 106 valence electrons. The number of rotatable bonds is 4. The number of anilines is 1. The van der Waals surface area contributed by atoms with Crippen molar-refractivity contribution < 1.29 is 8.42 Å². The molecule has 0 spiro atoms. The Morgan fingerprint density at radius 2 is 1.85 bits per heavy atom. The van der Waals surface area contributed by atoms with Gasteiger partial charge in [-0.15, -0.1) is 0 Å². The molecule has 4 nitrogen and oxygen atoms in total. The Hall–Kier alpha value is -1.59. The van der Waals surface area contributed by atoms with Gasteiger partial charge in [0.25, 0.3) is 0 Å². The maximum atomic E-state index is 11.4. The van der Waals surface area contributed by atoms with Gasteiger partial charge in [-0.3, -0.25) is 0 Å². The molecule has 1 unspecified atom stereocenters. The predicted molar refractivity (Wildman–Crippen MR) is 80.8 cm³/mol. The fourth-order valence-corrected chi connectivity index (χ4v) is 2.63. The summed E-state index contributed by atoms with van der Waals surface area (Å²) in [6.45, 7) is 1.99. The molecule has 0 saturated carbocycles. The Morgan fingerprint density at radius 1 is 1.20 bits per heavy atom. The van der Waals surface area contributed by atoms with E-state index >= 15 is 0 Å². The van der Waals surface area contributed by atoms with Crippen molar-refractivity contribution in [2.45, 2.75) is 17.9 Å². The van der Waals surface area contributed by atoms with Crippen LogP contribution in [-0.4, -0.2) is 19.7 Å². The van der Waals surface area contributed by atoms with Gasteiger partial charge in [-0.25, -0.2) is 13.4 Å². The van der Waals surface area contributed by atoms with Gasteiger partial charge in [0.05, 0.1) is 4.90 Å². The molecule has 20 heavy (non-hydrogen) atoms. The quantitative estimate of drug-likeness (QED) is 0.880. The van der Waals surface area contributed by atoms with E-state index in [1.807, 2.05) is 13.0 Å². The van der Waals surface area contributed by atoms with Gasteiger partial charge >= 0.3 is 0 Å². The molecule has 0 aliphatic heterocycles. The first-order valence-electron chi connectivity index (χ1n) is 6.04. The summed E-state index contributed by atoms with van der Waals surface area (Å²) in [4.78, 5) is 4.24. The van der Waals surface area contributed by atoms with Crippen LogP contribution in [0.5, 0.6) is 0 Å². The molecule has 2 rings (SSSR count). The van der Waals surface area contributed by atoms with E-state index in [4.69, 9.17) is 11.6 Å². The molecule has 0 saturated heterocycles. The van der Waals surface area contributed by atoms with Crippen LogP contribution in [-0.2, 0) is 9.84 Å². The van der Waals surface area contributed by atoms with Gasteiger partial charge in [0.15, 0.2) is 9.84 Å². The van der Waals surface area contributed by atoms with Crippen LogP contribution in [0.25, 0.3) is 0 Å². The van der Waals surface area contributed by atoms with Crippen molar-refractivity contribution in [2.24, 2.45) is 0 Å². The lowest BCUT2D eigenvalue weighted by Crippen LogP contribution is -2.07. The predicted octanol–water partition coefficient (Wildman–Crippen LogP) is 3.31. The Labute approximate surface area is 123 Å². The zero-order chi connectivity index (χ0) is 14.8. The number of nitrogens with zero attached hydrogens (tertiary/aromatic N) is 1. The molecular formula is C14H15ClN2O2S. The lowest BCUT2D eigenvalue weighted by Gasteiger charge is -2.16. The number of sulfone groups is 1. The Morgan fingerprint density at radius 3 is 2.40 bits per heavy atom. The van der Waals surface area contributed by atoms with E-state index in [9.17, 15) is 8.42 Å². The van der Waals surface area contributed by atoms with E-state index < -0.39 is 9.84 Å². The Balaban J connectivity index is 2.15. The fourth-order valence-electron chi connectivity index (χ4n) is 1.83. The Kier molecular flexibility index (Phi) is 4.30. The van der Waals surface area contributed by atoms with Crippen LogP contribution < -0.4 is 5.32 Å². The van der Waals surface area contributed by atoms with Crippen LogP contribution in [0.2, 0.25) is 5.15 Å². The second-order valence-corrected chi connectivity index (χ2v) is 6.98. The number of halogens is 1. The highest BCUT2D eigenvalue weighted by Crippen LogP contribution is 2.21. The molecule has 1 atom stereocenters. The molecule has 0 aliphatic rings. The highest BCUT2D eigenvalue weighted by Gasteiger charge is 2.09. The zero-order valence-electron chi connectivity index (χ0n) is 11.2. The van der Waals surface area contributed by atoms with Crippen LogP contribution in [0, 0.1) is 0 Å². The third-order valence-corrected chi connectivity index (χ3v) is 4.25. The molecule has 1 aromatic carbocycles. The van der Waals surface area contributed by atoms with Crippen LogP contribution in [0.1, 0.15) is 18.5 Å². The fraction of sp³-hybridized carbons (Fsp3) is 0.214. The number of nitrogens with one attached hydrogen (secondary N) is 1. The maximum Gasteiger partial charge on any atom is 0.175 e. The van der Waals surface area contributed by atoms with Crippen LogP contribution in [0.3, 0.4) is 0 Å². The van der Waals surface area contributed by atoms with Crippen molar-refractivity contribution in [2.75, 3.05) is 11.6 Å². The first kappa shape index (κ1) is 14.8. The maximum absolute atomic E-state index is 11.4. The zero-order valence-corrected chi connectivity index (χ0v) is 12.7. The summed E-state index contributed by atoms with van der Waals surface area (Å²) >= 11 is 5.83. The second-order valence-electron chi connectivity index (χ2n) is 4.57. The summed E-state index contributed by atoms with van der Waals surface area (Å²) in [6, 6.07) is 10.4. The monoisotopic (exact) mass is 310 g/mol. The summed E-state index contributed by atoms with van der Waals surface area (Å²) in [5.74, 6) is 0. The van der Waals surface area contributed by atoms with E-state index in [1.54, 1.807) is 36.5 Å². The number of benzene rings is 1. The summed E-state index contributed by atoms with van der Waals surface area (Å²) in [5, 5.41) is 3.71. The lowest BCUT2D eigenvalue weighted by atomic mass is 10.1. The SMILES string of the molecule is CC(Nc1ccnc(Cl)c1)c1ccc(S(C)(=O)=O)cc1. The average Bonchev–Trinajstić information content (AvgIpc) is 2.38. The van der Waals surface area contributed by atoms with Gasteiger partial charge in [0, 0.05) is 24.2 Å². The normalized spacial score (nSPS) is 12.9. The molecule has 0 radical (unpaired) electrons. The smallest absolute Gasteiger partial charge is 0.175 e. The second kappa shape index (κ2) is 5.81. The molecule has 0 fully saturated rings. The van der Waals surface area contributed by atoms with E-state index in [2.05, 4.69) is 10.3 Å². The van der Waals surface area contributed by atoms with Crippen molar-refractivity contribution in [1.82, 2.24) is 4.98 Å².